The molecule has 1 saturated heterocycles. The van der Waals surface area contributed by atoms with E-state index in [0.717, 1.165) is 13.1 Å². The van der Waals surface area contributed by atoms with Gasteiger partial charge in [0.2, 0.25) is 0 Å². The van der Waals surface area contributed by atoms with Crippen LogP contribution in [0.5, 0.6) is 5.75 Å². The van der Waals surface area contributed by atoms with Crippen LogP contribution < -0.4 is 5.32 Å². The number of nitrogens with one attached hydrogen (secondary N) is 1. The lowest BCUT2D eigenvalue weighted by Crippen LogP contribution is -2.33. The molecular formula is C15H18N2O4. The number of carboxylic acids is 1. The summed E-state index contributed by atoms with van der Waals surface area (Å²) in [5.41, 5.74) is 0.165. The Balaban J connectivity index is 1.68. The number of hydrogen-bond acceptors (Lipinski definition) is 3. The van der Waals surface area contributed by atoms with E-state index in [1.165, 1.54) is 37.5 Å². The van der Waals surface area contributed by atoms with E-state index in [0.29, 0.717) is 17.5 Å². The van der Waals surface area contributed by atoms with Crippen molar-refractivity contribution in [3.8, 4) is 5.75 Å². The van der Waals surface area contributed by atoms with Gasteiger partial charge in [0.1, 0.15) is 11.3 Å². The summed E-state index contributed by atoms with van der Waals surface area (Å²) in [6, 6.07) is 3.84. The van der Waals surface area contributed by atoms with Crippen LogP contribution in [0.3, 0.4) is 0 Å². The minimum atomic E-state index is -1.22. The van der Waals surface area contributed by atoms with E-state index < -0.39 is 5.97 Å². The summed E-state index contributed by atoms with van der Waals surface area (Å²) >= 11 is 0. The number of fused-ring (bicyclic) bond motifs is 1. The van der Waals surface area contributed by atoms with E-state index in [1.54, 1.807) is 4.90 Å². The van der Waals surface area contributed by atoms with Crippen molar-refractivity contribution in [3.05, 3.63) is 23.8 Å². The highest BCUT2D eigenvalue weighted by molar-refractivity contribution is 5.95. The summed E-state index contributed by atoms with van der Waals surface area (Å²) in [6.45, 7) is 1.56. The average Bonchev–Trinajstić information content (AvgIpc) is 3.01. The van der Waals surface area contributed by atoms with Gasteiger partial charge in [-0.1, -0.05) is 6.42 Å². The molecule has 1 saturated carbocycles. The molecule has 21 heavy (non-hydrogen) atoms. The molecule has 0 aromatic heterocycles. The standard InChI is InChI=1S/C15H18N2O4/c18-13-5-4-11(6-12(13)14(19)20)16-15(21)17-7-9-2-1-3-10(9)8-17/h4-6,9-10,18H,1-3,7-8H2,(H,16,21)(H,19,20). The van der Waals surface area contributed by atoms with Gasteiger partial charge in [-0.05, 0) is 42.9 Å². The monoisotopic (exact) mass is 290 g/mol. The molecular weight excluding hydrogens is 272 g/mol. The number of aromatic hydroxyl groups is 1. The fourth-order valence-electron chi connectivity index (χ4n) is 3.39. The molecule has 6 heteroatoms. The first-order chi connectivity index (χ1) is 10.0. The zero-order valence-corrected chi connectivity index (χ0v) is 11.6. The maximum absolute atomic E-state index is 12.2. The van der Waals surface area contributed by atoms with Gasteiger partial charge in [-0.25, -0.2) is 9.59 Å². The lowest BCUT2D eigenvalue weighted by atomic mass is 10.0. The maximum atomic E-state index is 12.2. The Morgan fingerprint density at radius 3 is 2.48 bits per heavy atom. The number of amides is 2. The van der Waals surface area contributed by atoms with Gasteiger partial charge < -0.3 is 20.4 Å². The van der Waals surface area contributed by atoms with E-state index in [-0.39, 0.29) is 17.3 Å². The molecule has 1 aromatic rings. The normalized spacial score (nSPS) is 23.9. The van der Waals surface area contributed by atoms with Gasteiger partial charge in [0.05, 0.1) is 0 Å². The van der Waals surface area contributed by atoms with Gasteiger partial charge in [0.25, 0.3) is 0 Å². The summed E-state index contributed by atoms with van der Waals surface area (Å²) in [7, 11) is 0. The summed E-state index contributed by atoms with van der Waals surface area (Å²) in [6.07, 6.45) is 3.64. The van der Waals surface area contributed by atoms with Crippen LogP contribution in [0.15, 0.2) is 18.2 Å². The highest BCUT2D eigenvalue weighted by Gasteiger charge is 2.38. The minimum Gasteiger partial charge on any atom is -0.507 e. The van der Waals surface area contributed by atoms with Crippen molar-refractivity contribution in [2.45, 2.75) is 19.3 Å². The van der Waals surface area contributed by atoms with Crippen LogP contribution in [0.2, 0.25) is 0 Å². The van der Waals surface area contributed by atoms with Crippen molar-refractivity contribution in [3.63, 3.8) is 0 Å². The Bertz CT molecular complexity index is 575. The predicted molar refractivity (Wildman–Crippen MR) is 76.5 cm³/mol. The lowest BCUT2D eigenvalue weighted by Gasteiger charge is -2.18. The van der Waals surface area contributed by atoms with E-state index in [2.05, 4.69) is 5.32 Å². The number of likely N-dealkylation sites (tertiary alicyclic amines) is 1. The van der Waals surface area contributed by atoms with Crippen molar-refractivity contribution < 1.29 is 19.8 Å². The molecule has 2 amide bonds. The second-order valence-electron chi connectivity index (χ2n) is 5.82. The van der Waals surface area contributed by atoms with Crippen molar-refractivity contribution in [2.24, 2.45) is 11.8 Å². The maximum Gasteiger partial charge on any atom is 0.339 e. The van der Waals surface area contributed by atoms with Crippen molar-refractivity contribution in [1.82, 2.24) is 4.90 Å². The van der Waals surface area contributed by atoms with Gasteiger partial charge in [-0.2, -0.15) is 0 Å². The fraction of sp³-hybridized carbons (Fsp3) is 0.467. The topological polar surface area (TPSA) is 89.9 Å². The smallest absolute Gasteiger partial charge is 0.339 e. The molecule has 1 aliphatic heterocycles. The average molecular weight is 290 g/mol. The highest BCUT2D eigenvalue weighted by atomic mass is 16.4. The van der Waals surface area contributed by atoms with Crippen molar-refractivity contribution >= 4 is 17.7 Å². The molecule has 3 N–H and O–H groups in total. The number of anilines is 1. The van der Waals surface area contributed by atoms with Gasteiger partial charge in [0.15, 0.2) is 0 Å². The van der Waals surface area contributed by atoms with Gasteiger partial charge >= 0.3 is 12.0 Å². The molecule has 2 fully saturated rings. The molecule has 1 aromatic carbocycles. The molecule has 6 nitrogen and oxygen atoms in total. The number of hydrogen-bond donors (Lipinski definition) is 3. The number of nitrogens with zero attached hydrogens (tertiary/aromatic N) is 1. The second kappa shape index (κ2) is 5.27. The Morgan fingerprint density at radius 2 is 1.86 bits per heavy atom. The molecule has 0 spiro atoms. The Morgan fingerprint density at radius 1 is 1.19 bits per heavy atom. The van der Waals surface area contributed by atoms with E-state index in [1.807, 2.05) is 0 Å². The first kappa shape index (κ1) is 13.7. The number of urea groups is 1. The highest BCUT2D eigenvalue weighted by Crippen LogP contribution is 2.37. The molecule has 2 unspecified atom stereocenters. The molecule has 112 valence electrons. The van der Waals surface area contributed by atoms with Crippen LogP contribution >= 0.6 is 0 Å². The third kappa shape index (κ3) is 2.66. The van der Waals surface area contributed by atoms with Gasteiger partial charge in [-0.15, -0.1) is 0 Å². The largest absolute Gasteiger partial charge is 0.507 e. The Kier molecular flexibility index (Phi) is 3.45. The molecule has 2 atom stereocenters. The molecule has 1 aliphatic carbocycles. The number of carbonyl (C=O) groups is 2. The first-order valence-corrected chi connectivity index (χ1v) is 7.17. The summed E-state index contributed by atoms with van der Waals surface area (Å²) in [4.78, 5) is 25.0. The second-order valence-corrected chi connectivity index (χ2v) is 5.82. The summed E-state index contributed by atoms with van der Waals surface area (Å²) < 4.78 is 0. The number of carbonyl (C=O) groups excluding carboxylic acids is 1. The number of rotatable bonds is 2. The molecule has 3 rings (SSSR count). The molecule has 0 radical (unpaired) electrons. The predicted octanol–water partition coefficient (Wildman–Crippen LogP) is 2.35. The number of benzene rings is 1. The third-order valence-electron chi connectivity index (χ3n) is 4.49. The Labute approximate surface area is 122 Å². The van der Waals surface area contributed by atoms with Crippen LogP contribution in [0, 0.1) is 11.8 Å². The lowest BCUT2D eigenvalue weighted by molar-refractivity contribution is 0.0693. The number of carboxylic acid groups (broad SMARTS) is 1. The van der Waals surface area contributed by atoms with E-state index in [9.17, 15) is 14.7 Å². The SMILES string of the molecule is O=C(O)c1cc(NC(=O)N2CC3CCCC3C2)ccc1O. The van der Waals surface area contributed by atoms with E-state index in [4.69, 9.17) is 5.11 Å². The zero-order chi connectivity index (χ0) is 15.0. The first-order valence-electron chi connectivity index (χ1n) is 7.17. The molecule has 0 bridgehead atoms. The van der Waals surface area contributed by atoms with E-state index >= 15 is 0 Å². The van der Waals surface area contributed by atoms with Crippen LogP contribution in [-0.4, -0.2) is 40.2 Å². The van der Waals surface area contributed by atoms with Gasteiger partial charge in [-0.3, -0.25) is 0 Å². The number of phenols is 1. The Hall–Kier alpha value is -2.24. The van der Waals surface area contributed by atoms with Crippen LogP contribution in [0.4, 0.5) is 10.5 Å². The van der Waals surface area contributed by atoms with Crippen LogP contribution in [-0.2, 0) is 0 Å². The number of aromatic carboxylic acids is 1. The summed E-state index contributed by atoms with van der Waals surface area (Å²) in [5.74, 6) is -0.300. The molecule has 1 heterocycles. The minimum absolute atomic E-state index is 0.202. The quantitative estimate of drug-likeness (QED) is 0.729. The van der Waals surface area contributed by atoms with Crippen LogP contribution in [0.1, 0.15) is 29.6 Å². The summed E-state index contributed by atoms with van der Waals surface area (Å²) in [5, 5.41) is 21.1. The van der Waals surface area contributed by atoms with Crippen LogP contribution in [0.25, 0.3) is 0 Å². The van der Waals surface area contributed by atoms with Crippen molar-refractivity contribution in [1.29, 1.82) is 0 Å². The molecule has 2 aliphatic rings. The van der Waals surface area contributed by atoms with Crippen molar-refractivity contribution in [2.75, 3.05) is 18.4 Å². The fourth-order valence-corrected chi connectivity index (χ4v) is 3.39. The third-order valence-corrected chi connectivity index (χ3v) is 4.49. The zero-order valence-electron chi connectivity index (χ0n) is 11.6. The van der Waals surface area contributed by atoms with Gasteiger partial charge in [0, 0.05) is 18.8 Å².